The minimum Gasteiger partial charge on any atom is -0.494 e. The van der Waals surface area contributed by atoms with Crippen LogP contribution in [0, 0.1) is 0 Å². The molecule has 0 saturated carbocycles. The zero-order valence-corrected chi connectivity index (χ0v) is 16.5. The van der Waals surface area contributed by atoms with E-state index >= 15 is 0 Å². The lowest BCUT2D eigenvalue weighted by molar-refractivity contribution is 0.309. The summed E-state index contributed by atoms with van der Waals surface area (Å²) in [4.78, 5) is 13.1. The average molecular weight is 381 g/mol. The highest BCUT2D eigenvalue weighted by molar-refractivity contribution is 5.76. The summed E-state index contributed by atoms with van der Waals surface area (Å²) in [7, 11) is 0. The van der Waals surface area contributed by atoms with Crippen molar-refractivity contribution < 1.29 is 4.74 Å². The zero-order valence-electron chi connectivity index (χ0n) is 16.5. The summed E-state index contributed by atoms with van der Waals surface area (Å²) in [5.74, 6) is 0.903. The molecular weight excluding hydrogens is 358 g/mol. The highest BCUT2D eigenvalue weighted by Gasteiger charge is 2.09. The predicted molar refractivity (Wildman–Crippen MR) is 117 cm³/mol. The van der Waals surface area contributed by atoms with E-state index in [1.54, 1.807) is 24.8 Å². The maximum atomic E-state index is 5.80. The monoisotopic (exact) mass is 381 g/mol. The maximum Gasteiger partial charge on any atom is 0.119 e. The lowest BCUT2D eigenvalue weighted by atomic mass is 10.0. The van der Waals surface area contributed by atoms with E-state index in [9.17, 15) is 0 Å². The van der Waals surface area contributed by atoms with Crippen LogP contribution >= 0.6 is 0 Å². The zero-order chi connectivity index (χ0) is 19.9. The minimum atomic E-state index is 0.753. The van der Waals surface area contributed by atoms with Gasteiger partial charge in [-0.2, -0.15) is 0 Å². The molecule has 0 bridgehead atoms. The molecule has 4 aromatic rings. The first-order valence-electron chi connectivity index (χ1n) is 9.89. The van der Waals surface area contributed by atoms with Crippen molar-refractivity contribution in [2.24, 2.45) is 0 Å². The van der Waals surface area contributed by atoms with Crippen molar-refractivity contribution in [3.05, 3.63) is 85.5 Å². The Morgan fingerprint density at radius 3 is 1.72 bits per heavy atom. The van der Waals surface area contributed by atoms with Crippen LogP contribution in [-0.4, -0.2) is 21.6 Å². The van der Waals surface area contributed by atoms with E-state index in [0.29, 0.717) is 0 Å². The molecule has 0 unspecified atom stereocenters. The Balaban J connectivity index is 1.72. The first kappa shape index (κ1) is 18.8. The third-order valence-electron chi connectivity index (χ3n) is 4.73. The summed E-state index contributed by atoms with van der Waals surface area (Å²) >= 11 is 0. The molecule has 3 heterocycles. The Morgan fingerprint density at radius 1 is 0.655 bits per heavy atom. The number of aromatic nitrogens is 3. The van der Waals surface area contributed by atoms with Gasteiger partial charge in [-0.1, -0.05) is 25.5 Å². The van der Waals surface area contributed by atoms with Crippen LogP contribution in [0.15, 0.2) is 85.5 Å². The molecule has 4 nitrogen and oxygen atoms in total. The fourth-order valence-electron chi connectivity index (χ4n) is 3.12. The minimum absolute atomic E-state index is 0.753. The smallest absolute Gasteiger partial charge is 0.119 e. The lowest BCUT2D eigenvalue weighted by Crippen LogP contribution is -1.96. The summed E-state index contributed by atoms with van der Waals surface area (Å²) in [5, 5.41) is 0. The van der Waals surface area contributed by atoms with Gasteiger partial charge in [0.25, 0.3) is 0 Å². The van der Waals surface area contributed by atoms with Gasteiger partial charge in [0.05, 0.1) is 18.0 Å². The van der Waals surface area contributed by atoms with Crippen LogP contribution < -0.4 is 4.74 Å². The average Bonchev–Trinajstić information content (AvgIpc) is 2.80. The summed E-state index contributed by atoms with van der Waals surface area (Å²) in [5.41, 5.74) is 6.15. The van der Waals surface area contributed by atoms with Crippen molar-refractivity contribution in [2.45, 2.75) is 19.8 Å². The Kier molecular flexibility index (Phi) is 5.91. The van der Waals surface area contributed by atoms with Gasteiger partial charge in [-0.3, -0.25) is 9.97 Å². The molecule has 4 heteroatoms. The highest BCUT2D eigenvalue weighted by atomic mass is 16.5. The van der Waals surface area contributed by atoms with E-state index in [2.05, 4.69) is 41.2 Å². The molecular formula is C25H23N3O. The number of hydrogen-bond donors (Lipinski definition) is 0. The molecule has 0 aliphatic rings. The Bertz CT molecular complexity index is 991. The molecule has 0 N–H and O–H groups in total. The Morgan fingerprint density at radius 2 is 1.21 bits per heavy atom. The molecule has 0 spiro atoms. The van der Waals surface area contributed by atoms with Gasteiger partial charge in [-0.25, -0.2) is 4.98 Å². The molecule has 4 rings (SSSR count). The van der Waals surface area contributed by atoms with Gasteiger partial charge in [0.1, 0.15) is 5.75 Å². The van der Waals surface area contributed by atoms with E-state index in [1.807, 2.05) is 36.4 Å². The number of pyridine rings is 3. The Labute approximate surface area is 171 Å². The van der Waals surface area contributed by atoms with Crippen LogP contribution in [-0.2, 0) is 0 Å². The predicted octanol–water partition coefficient (Wildman–Crippen LogP) is 6.05. The largest absolute Gasteiger partial charge is 0.494 e. The number of unbranched alkanes of at least 4 members (excludes halogenated alkanes) is 1. The SMILES string of the molecule is CCCCOc1ccc(-c2cc(-c3ccncc3)nc(-c3ccncc3)c2)cc1. The first-order chi connectivity index (χ1) is 14.3. The fraction of sp³-hybridized carbons (Fsp3) is 0.160. The van der Waals surface area contributed by atoms with Gasteiger partial charge < -0.3 is 4.74 Å². The van der Waals surface area contributed by atoms with Gasteiger partial charge in [-0.05, 0) is 66.1 Å². The van der Waals surface area contributed by atoms with Gasteiger partial charge in [-0.15, -0.1) is 0 Å². The van der Waals surface area contributed by atoms with Gasteiger partial charge in [0, 0.05) is 35.9 Å². The molecule has 0 radical (unpaired) electrons. The van der Waals surface area contributed by atoms with E-state index in [-0.39, 0.29) is 0 Å². The van der Waals surface area contributed by atoms with Crippen LogP contribution in [0.1, 0.15) is 19.8 Å². The molecule has 0 amide bonds. The van der Waals surface area contributed by atoms with Crippen molar-refractivity contribution in [3.8, 4) is 39.4 Å². The van der Waals surface area contributed by atoms with Crippen molar-refractivity contribution >= 4 is 0 Å². The van der Waals surface area contributed by atoms with Crippen molar-refractivity contribution in [3.63, 3.8) is 0 Å². The van der Waals surface area contributed by atoms with E-state index in [0.717, 1.165) is 58.8 Å². The molecule has 144 valence electrons. The van der Waals surface area contributed by atoms with E-state index in [1.165, 1.54) is 0 Å². The summed E-state index contributed by atoms with van der Waals surface area (Å²) in [6, 6.07) is 20.4. The number of benzene rings is 1. The molecule has 29 heavy (non-hydrogen) atoms. The third-order valence-corrected chi connectivity index (χ3v) is 4.73. The number of nitrogens with zero attached hydrogens (tertiary/aromatic N) is 3. The molecule has 0 fully saturated rings. The van der Waals surface area contributed by atoms with Crippen molar-refractivity contribution in [1.82, 2.24) is 15.0 Å². The van der Waals surface area contributed by atoms with Gasteiger partial charge in [0.15, 0.2) is 0 Å². The van der Waals surface area contributed by atoms with Crippen LogP contribution in [0.25, 0.3) is 33.6 Å². The molecule has 0 aliphatic carbocycles. The second-order valence-electron chi connectivity index (χ2n) is 6.82. The fourth-order valence-corrected chi connectivity index (χ4v) is 3.12. The van der Waals surface area contributed by atoms with E-state index < -0.39 is 0 Å². The topological polar surface area (TPSA) is 47.9 Å². The standard InChI is InChI=1S/C25H23N3O/c1-2-3-16-29-23-6-4-19(5-7-23)22-17-24(20-8-12-26-13-9-20)28-25(18-22)21-10-14-27-15-11-21/h4-15,17-18H,2-3,16H2,1H3. The van der Waals surface area contributed by atoms with Gasteiger partial charge >= 0.3 is 0 Å². The molecule has 0 saturated heterocycles. The number of ether oxygens (including phenoxy) is 1. The highest BCUT2D eigenvalue weighted by Crippen LogP contribution is 2.30. The van der Waals surface area contributed by atoms with E-state index in [4.69, 9.17) is 9.72 Å². The molecule has 0 aliphatic heterocycles. The normalized spacial score (nSPS) is 10.7. The molecule has 1 aromatic carbocycles. The van der Waals surface area contributed by atoms with Crippen molar-refractivity contribution in [2.75, 3.05) is 6.61 Å². The summed E-state index contributed by atoms with van der Waals surface area (Å²) in [6.07, 6.45) is 9.36. The third kappa shape index (κ3) is 4.66. The van der Waals surface area contributed by atoms with Crippen LogP contribution in [0.3, 0.4) is 0 Å². The molecule has 3 aromatic heterocycles. The number of rotatable bonds is 7. The van der Waals surface area contributed by atoms with Gasteiger partial charge in [0.2, 0.25) is 0 Å². The number of hydrogen-bond acceptors (Lipinski definition) is 4. The second-order valence-corrected chi connectivity index (χ2v) is 6.82. The summed E-state index contributed by atoms with van der Waals surface area (Å²) < 4.78 is 5.80. The van der Waals surface area contributed by atoms with Crippen LogP contribution in [0.4, 0.5) is 0 Å². The first-order valence-corrected chi connectivity index (χ1v) is 9.89. The Hall–Kier alpha value is -3.53. The van der Waals surface area contributed by atoms with Crippen LogP contribution in [0.5, 0.6) is 5.75 Å². The van der Waals surface area contributed by atoms with Crippen molar-refractivity contribution in [1.29, 1.82) is 0 Å². The second kappa shape index (κ2) is 9.11. The molecule has 0 atom stereocenters. The van der Waals surface area contributed by atoms with Crippen LogP contribution in [0.2, 0.25) is 0 Å². The summed E-state index contributed by atoms with van der Waals surface area (Å²) in [6.45, 7) is 2.92. The maximum absolute atomic E-state index is 5.80. The lowest BCUT2D eigenvalue weighted by Gasteiger charge is -2.11. The quantitative estimate of drug-likeness (QED) is 0.366.